The highest BCUT2D eigenvalue weighted by Gasteiger charge is 2.16. The third-order valence-corrected chi connectivity index (χ3v) is 4.18. The molecule has 1 aromatic rings. The van der Waals surface area contributed by atoms with Gasteiger partial charge >= 0.3 is 0 Å². The molecule has 0 bridgehead atoms. The SMILES string of the molecule is COc1ccc(S(=O)(=O)NCCC(C)N)c(C)c1.Cl. The summed E-state index contributed by atoms with van der Waals surface area (Å²) in [6, 6.07) is 4.85. The summed E-state index contributed by atoms with van der Waals surface area (Å²) in [5.74, 6) is 0.641. The first-order valence-electron chi connectivity index (χ1n) is 5.76. The zero-order chi connectivity index (χ0) is 13.8. The fourth-order valence-corrected chi connectivity index (χ4v) is 2.82. The van der Waals surface area contributed by atoms with Crippen molar-refractivity contribution in [3.8, 4) is 5.75 Å². The molecule has 7 heteroatoms. The average molecular weight is 309 g/mol. The van der Waals surface area contributed by atoms with Crippen molar-refractivity contribution in [2.45, 2.75) is 31.2 Å². The van der Waals surface area contributed by atoms with Gasteiger partial charge in [-0.1, -0.05) is 0 Å². The molecule has 0 aliphatic carbocycles. The Balaban J connectivity index is 0.00000324. The smallest absolute Gasteiger partial charge is 0.240 e. The molecular weight excluding hydrogens is 288 g/mol. The molecule has 19 heavy (non-hydrogen) atoms. The molecule has 1 rings (SSSR count). The first-order chi connectivity index (χ1) is 8.36. The second-order valence-electron chi connectivity index (χ2n) is 4.30. The van der Waals surface area contributed by atoms with E-state index in [1.54, 1.807) is 32.2 Å². The molecule has 1 aromatic carbocycles. The summed E-state index contributed by atoms with van der Waals surface area (Å²) < 4.78 is 31.7. The van der Waals surface area contributed by atoms with E-state index in [-0.39, 0.29) is 23.3 Å². The van der Waals surface area contributed by atoms with Gasteiger partial charge in [0.1, 0.15) is 5.75 Å². The zero-order valence-electron chi connectivity index (χ0n) is 11.3. The maximum absolute atomic E-state index is 12.0. The minimum atomic E-state index is -3.47. The molecule has 0 aliphatic heterocycles. The predicted octanol–water partition coefficient (Wildman–Crippen LogP) is 1.44. The third-order valence-electron chi connectivity index (χ3n) is 2.56. The largest absolute Gasteiger partial charge is 0.497 e. The van der Waals surface area contributed by atoms with Crippen molar-refractivity contribution in [1.82, 2.24) is 4.72 Å². The van der Waals surface area contributed by atoms with Crippen molar-refractivity contribution in [2.24, 2.45) is 5.73 Å². The lowest BCUT2D eigenvalue weighted by atomic mass is 10.2. The Labute approximate surface area is 121 Å². The minimum Gasteiger partial charge on any atom is -0.497 e. The van der Waals surface area contributed by atoms with Gasteiger partial charge in [0.15, 0.2) is 0 Å². The molecule has 0 fully saturated rings. The molecule has 0 aliphatic rings. The molecule has 0 amide bonds. The van der Waals surface area contributed by atoms with Crippen molar-refractivity contribution in [1.29, 1.82) is 0 Å². The summed E-state index contributed by atoms with van der Waals surface area (Å²) in [7, 11) is -1.93. The first-order valence-corrected chi connectivity index (χ1v) is 7.25. The number of methoxy groups -OCH3 is 1. The molecule has 0 heterocycles. The second kappa shape index (κ2) is 7.69. The maximum Gasteiger partial charge on any atom is 0.240 e. The first kappa shape index (κ1) is 18.2. The van der Waals surface area contributed by atoms with Crippen molar-refractivity contribution < 1.29 is 13.2 Å². The van der Waals surface area contributed by atoms with Gasteiger partial charge in [-0.05, 0) is 44.0 Å². The van der Waals surface area contributed by atoms with E-state index < -0.39 is 10.0 Å². The molecule has 0 saturated heterocycles. The van der Waals surface area contributed by atoms with Gasteiger partial charge in [0.2, 0.25) is 10.0 Å². The number of hydrogen-bond acceptors (Lipinski definition) is 4. The fourth-order valence-electron chi connectivity index (χ4n) is 1.55. The van der Waals surface area contributed by atoms with Crippen LogP contribution in [0.3, 0.4) is 0 Å². The van der Waals surface area contributed by atoms with E-state index in [1.165, 1.54) is 0 Å². The van der Waals surface area contributed by atoms with Gasteiger partial charge in [-0.2, -0.15) is 0 Å². The normalized spacial score (nSPS) is 12.6. The monoisotopic (exact) mass is 308 g/mol. The predicted molar refractivity (Wildman–Crippen MR) is 78.4 cm³/mol. The van der Waals surface area contributed by atoms with Gasteiger partial charge < -0.3 is 10.5 Å². The number of halogens is 1. The molecule has 0 aromatic heterocycles. The van der Waals surface area contributed by atoms with Crippen LogP contribution in [-0.2, 0) is 10.0 Å². The highest BCUT2D eigenvalue weighted by molar-refractivity contribution is 7.89. The van der Waals surface area contributed by atoms with Gasteiger partial charge in [0, 0.05) is 12.6 Å². The van der Waals surface area contributed by atoms with E-state index in [4.69, 9.17) is 10.5 Å². The van der Waals surface area contributed by atoms with Gasteiger partial charge in [0.05, 0.1) is 12.0 Å². The number of aryl methyl sites for hydroxylation is 1. The third kappa shape index (κ3) is 5.36. The quantitative estimate of drug-likeness (QED) is 0.833. The van der Waals surface area contributed by atoms with Crippen LogP contribution in [0.15, 0.2) is 23.1 Å². The summed E-state index contributed by atoms with van der Waals surface area (Å²) in [5.41, 5.74) is 6.23. The Morgan fingerprint density at radius 3 is 2.53 bits per heavy atom. The average Bonchev–Trinajstić information content (AvgIpc) is 2.27. The second-order valence-corrected chi connectivity index (χ2v) is 6.03. The topological polar surface area (TPSA) is 81.4 Å². The number of ether oxygens (including phenoxy) is 1. The molecule has 1 atom stereocenters. The van der Waals surface area contributed by atoms with Crippen LogP contribution in [0, 0.1) is 6.92 Å². The van der Waals surface area contributed by atoms with Crippen LogP contribution in [-0.4, -0.2) is 28.1 Å². The molecule has 0 saturated carbocycles. The van der Waals surface area contributed by atoms with Crippen LogP contribution in [0.25, 0.3) is 0 Å². The highest BCUT2D eigenvalue weighted by atomic mass is 35.5. The maximum atomic E-state index is 12.0. The lowest BCUT2D eigenvalue weighted by molar-refractivity contribution is 0.414. The highest BCUT2D eigenvalue weighted by Crippen LogP contribution is 2.20. The van der Waals surface area contributed by atoms with E-state index in [2.05, 4.69) is 4.72 Å². The van der Waals surface area contributed by atoms with E-state index in [0.29, 0.717) is 24.3 Å². The van der Waals surface area contributed by atoms with Gasteiger partial charge in [0.25, 0.3) is 0 Å². The lowest BCUT2D eigenvalue weighted by Gasteiger charge is -2.11. The molecule has 5 nitrogen and oxygen atoms in total. The van der Waals surface area contributed by atoms with Crippen LogP contribution in [0.4, 0.5) is 0 Å². The van der Waals surface area contributed by atoms with Crippen LogP contribution < -0.4 is 15.2 Å². The van der Waals surface area contributed by atoms with E-state index in [9.17, 15) is 8.42 Å². The van der Waals surface area contributed by atoms with Gasteiger partial charge in [-0.15, -0.1) is 12.4 Å². The molecular formula is C12H21ClN2O3S. The number of nitrogens with two attached hydrogens (primary N) is 1. The Kier molecular flexibility index (Phi) is 7.36. The molecule has 1 unspecified atom stereocenters. The van der Waals surface area contributed by atoms with Crippen molar-refractivity contribution in [3.05, 3.63) is 23.8 Å². The summed E-state index contributed by atoms with van der Waals surface area (Å²) in [4.78, 5) is 0.271. The number of hydrogen-bond donors (Lipinski definition) is 2. The number of benzene rings is 1. The molecule has 0 radical (unpaired) electrons. The van der Waals surface area contributed by atoms with Gasteiger partial charge in [-0.25, -0.2) is 13.1 Å². The van der Waals surface area contributed by atoms with Crippen LogP contribution >= 0.6 is 12.4 Å². The van der Waals surface area contributed by atoms with Crippen molar-refractivity contribution in [2.75, 3.05) is 13.7 Å². The number of rotatable bonds is 6. The Bertz CT molecular complexity index is 504. The number of sulfonamides is 1. The fraction of sp³-hybridized carbons (Fsp3) is 0.500. The summed E-state index contributed by atoms with van der Waals surface area (Å²) in [6.07, 6.45) is 0.606. The standard InChI is InChI=1S/C12H20N2O3S.ClH/c1-9-8-11(17-3)4-5-12(9)18(15,16)14-7-6-10(2)13;/h4-5,8,10,14H,6-7,13H2,1-3H3;1H. The lowest BCUT2D eigenvalue weighted by Crippen LogP contribution is -2.29. The number of nitrogens with one attached hydrogen (secondary N) is 1. The van der Waals surface area contributed by atoms with E-state index >= 15 is 0 Å². The minimum absolute atomic E-state index is 0. The molecule has 0 spiro atoms. The van der Waals surface area contributed by atoms with Crippen LogP contribution in [0.1, 0.15) is 18.9 Å². The molecule has 3 N–H and O–H groups in total. The van der Waals surface area contributed by atoms with E-state index in [1.807, 2.05) is 6.92 Å². The zero-order valence-corrected chi connectivity index (χ0v) is 13.0. The van der Waals surface area contributed by atoms with Crippen molar-refractivity contribution >= 4 is 22.4 Å². The van der Waals surface area contributed by atoms with E-state index in [0.717, 1.165) is 0 Å². The van der Waals surface area contributed by atoms with Gasteiger partial charge in [-0.3, -0.25) is 0 Å². The van der Waals surface area contributed by atoms with Crippen molar-refractivity contribution in [3.63, 3.8) is 0 Å². The molecule has 110 valence electrons. The van der Waals surface area contributed by atoms with Crippen LogP contribution in [0.5, 0.6) is 5.75 Å². The Morgan fingerprint density at radius 2 is 2.05 bits per heavy atom. The summed E-state index contributed by atoms with van der Waals surface area (Å²) >= 11 is 0. The van der Waals surface area contributed by atoms with Crippen LogP contribution in [0.2, 0.25) is 0 Å². The summed E-state index contributed by atoms with van der Waals surface area (Å²) in [6.45, 7) is 3.92. The Morgan fingerprint density at radius 1 is 1.42 bits per heavy atom. The Hall–Kier alpha value is -0.820. The summed E-state index contributed by atoms with van der Waals surface area (Å²) in [5, 5.41) is 0.